The highest BCUT2D eigenvalue weighted by Crippen LogP contribution is 2.18. The number of nitrogens with zero attached hydrogens (tertiary/aromatic N) is 4. The van der Waals surface area contributed by atoms with Crippen LogP contribution in [0.2, 0.25) is 5.28 Å². The van der Waals surface area contributed by atoms with Gasteiger partial charge in [0.2, 0.25) is 17.2 Å². The number of anilines is 2. The van der Waals surface area contributed by atoms with E-state index < -0.39 is 0 Å². The van der Waals surface area contributed by atoms with Crippen molar-refractivity contribution < 1.29 is 9.47 Å². The minimum Gasteiger partial charge on any atom is -0.382 e. The molecule has 7 nitrogen and oxygen atoms in total. The highest BCUT2D eigenvalue weighted by molar-refractivity contribution is 6.28. The summed E-state index contributed by atoms with van der Waals surface area (Å²) in [4.78, 5) is 14.8. The number of halogens is 1. The molecule has 2 rings (SSSR count). The van der Waals surface area contributed by atoms with Crippen LogP contribution < -0.4 is 10.2 Å². The smallest absolute Gasteiger partial charge is 0.231 e. The Morgan fingerprint density at radius 3 is 2.71 bits per heavy atom. The zero-order chi connectivity index (χ0) is 14.9. The minimum absolute atomic E-state index is 0.228. The molecule has 8 heteroatoms. The lowest BCUT2D eigenvalue weighted by Crippen LogP contribution is -2.21. The fourth-order valence-corrected chi connectivity index (χ4v) is 2.25. The molecule has 1 fully saturated rings. The van der Waals surface area contributed by atoms with Crippen molar-refractivity contribution in [2.45, 2.75) is 19.3 Å². The van der Waals surface area contributed by atoms with E-state index in [0.717, 1.165) is 26.1 Å². The molecule has 118 valence electrons. The topological polar surface area (TPSA) is 72.4 Å². The lowest BCUT2D eigenvalue weighted by Gasteiger charge is -2.15. The van der Waals surface area contributed by atoms with Crippen LogP contribution in [-0.4, -0.2) is 61.5 Å². The third-order valence-corrected chi connectivity index (χ3v) is 3.33. The molecule has 1 saturated heterocycles. The van der Waals surface area contributed by atoms with Gasteiger partial charge in [0.1, 0.15) is 0 Å². The molecule has 0 atom stereocenters. The summed E-state index contributed by atoms with van der Waals surface area (Å²) in [6.45, 7) is 4.60. The molecule has 1 aromatic heterocycles. The lowest BCUT2D eigenvalue weighted by molar-refractivity contribution is 0.0705. The maximum Gasteiger partial charge on any atom is 0.231 e. The maximum absolute atomic E-state index is 5.96. The molecule has 0 spiro atoms. The van der Waals surface area contributed by atoms with E-state index in [-0.39, 0.29) is 5.28 Å². The van der Waals surface area contributed by atoms with E-state index in [9.17, 15) is 0 Å². The molecular weight excluding hydrogens is 294 g/mol. The van der Waals surface area contributed by atoms with Gasteiger partial charge >= 0.3 is 0 Å². The van der Waals surface area contributed by atoms with Gasteiger partial charge in [-0.1, -0.05) is 0 Å². The van der Waals surface area contributed by atoms with Crippen molar-refractivity contribution in [1.82, 2.24) is 15.0 Å². The van der Waals surface area contributed by atoms with Crippen LogP contribution in [0.1, 0.15) is 19.3 Å². The monoisotopic (exact) mass is 315 g/mol. The Kier molecular flexibility index (Phi) is 6.91. The first-order valence-electron chi connectivity index (χ1n) is 7.26. The molecule has 21 heavy (non-hydrogen) atoms. The molecule has 1 aliphatic heterocycles. The van der Waals surface area contributed by atoms with Crippen LogP contribution >= 0.6 is 11.6 Å². The van der Waals surface area contributed by atoms with Crippen LogP contribution in [0.15, 0.2) is 0 Å². The number of ether oxygens (including phenoxy) is 2. The molecule has 0 aromatic carbocycles. The van der Waals surface area contributed by atoms with Crippen LogP contribution in [0.3, 0.4) is 0 Å². The average molecular weight is 316 g/mol. The maximum atomic E-state index is 5.96. The van der Waals surface area contributed by atoms with E-state index in [4.69, 9.17) is 21.1 Å². The number of hydrogen-bond acceptors (Lipinski definition) is 7. The predicted molar refractivity (Wildman–Crippen MR) is 82.1 cm³/mol. The van der Waals surface area contributed by atoms with Crippen LogP contribution in [0.5, 0.6) is 0 Å². The molecule has 0 aliphatic carbocycles. The molecule has 1 N–H and O–H groups in total. The predicted octanol–water partition coefficient (Wildman–Crippen LogP) is 1.59. The van der Waals surface area contributed by atoms with Gasteiger partial charge in [-0.15, -0.1) is 0 Å². The number of aromatic nitrogens is 3. The van der Waals surface area contributed by atoms with E-state index in [1.807, 2.05) is 0 Å². The highest BCUT2D eigenvalue weighted by Gasteiger charge is 2.16. The summed E-state index contributed by atoms with van der Waals surface area (Å²) in [5, 5.41) is 3.38. The second kappa shape index (κ2) is 8.96. The van der Waals surface area contributed by atoms with E-state index in [1.54, 1.807) is 7.11 Å². The van der Waals surface area contributed by atoms with E-state index in [1.165, 1.54) is 12.8 Å². The fourth-order valence-electron chi connectivity index (χ4n) is 2.10. The van der Waals surface area contributed by atoms with Crippen molar-refractivity contribution in [3.05, 3.63) is 5.28 Å². The Morgan fingerprint density at radius 1 is 1.14 bits per heavy atom. The molecule has 1 aliphatic rings. The van der Waals surface area contributed by atoms with Crippen LogP contribution in [-0.2, 0) is 9.47 Å². The quantitative estimate of drug-likeness (QED) is 0.694. The molecule has 0 amide bonds. The van der Waals surface area contributed by atoms with Crippen LogP contribution in [0.25, 0.3) is 0 Å². The third-order valence-electron chi connectivity index (χ3n) is 3.17. The Bertz CT molecular complexity index is 429. The van der Waals surface area contributed by atoms with Gasteiger partial charge in [0, 0.05) is 33.4 Å². The molecule has 0 unspecified atom stereocenters. The van der Waals surface area contributed by atoms with E-state index in [0.29, 0.717) is 31.7 Å². The van der Waals surface area contributed by atoms with Crippen molar-refractivity contribution in [3.8, 4) is 0 Å². The fraction of sp³-hybridized carbons (Fsp3) is 0.769. The van der Waals surface area contributed by atoms with Gasteiger partial charge in [-0.2, -0.15) is 15.0 Å². The number of nitrogens with one attached hydrogen (secondary N) is 1. The van der Waals surface area contributed by atoms with E-state index in [2.05, 4.69) is 25.2 Å². The summed E-state index contributed by atoms with van der Waals surface area (Å²) in [6, 6.07) is 0. The van der Waals surface area contributed by atoms with E-state index >= 15 is 0 Å². The van der Waals surface area contributed by atoms with Gasteiger partial charge in [-0.3, -0.25) is 0 Å². The third kappa shape index (κ3) is 5.61. The minimum atomic E-state index is 0.228. The normalized spacial score (nSPS) is 14.7. The number of methoxy groups -OCH3 is 1. The molecule has 0 saturated carbocycles. The lowest BCUT2D eigenvalue weighted by atomic mass is 10.4. The van der Waals surface area contributed by atoms with Gasteiger partial charge in [0.15, 0.2) is 0 Å². The Hall–Kier alpha value is -1.18. The van der Waals surface area contributed by atoms with Crippen molar-refractivity contribution in [2.24, 2.45) is 0 Å². The molecule has 0 bridgehead atoms. The van der Waals surface area contributed by atoms with Crippen LogP contribution in [0, 0.1) is 0 Å². The van der Waals surface area contributed by atoms with Gasteiger partial charge in [0.25, 0.3) is 0 Å². The number of hydrogen-bond donors (Lipinski definition) is 1. The summed E-state index contributed by atoms with van der Waals surface area (Å²) in [6.07, 6.45) is 3.21. The molecular formula is C13H22ClN5O2. The standard InChI is InChI=1S/C13H22ClN5O2/c1-20-9-10-21-8-4-5-15-12-16-11(14)17-13(18-12)19-6-2-3-7-19/h2-10H2,1H3,(H,15,16,17,18). The van der Waals surface area contributed by atoms with Gasteiger partial charge in [0.05, 0.1) is 13.2 Å². The molecule has 2 heterocycles. The summed E-state index contributed by atoms with van der Waals surface area (Å²) in [5.74, 6) is 1.18. The average Bonchev–Trinajstić information content (AvgIpc) is 3.00. The first kappa shape index (κ1) is 16.2. The Balaban J connectivity index is 1.75. The second-order valence-electron chi connectivity index (χ2n) is 4.81. The SMILES string of the molecule is COCCOCCCNc1nc(Cl)nc(N2CCCC2)n1. The zero-order valence-electron chi connectivity index (χ0n) is 12.3. The highest BCUT2D eigenvalue weighted by atomic mass is 35.5. The van der Waals surface area contributed by atoms with Crippen LogP contribution in [0.4, 0.5) is 11.9 Å². The Morgan fingerprint density at radius 2 is 1.95 bits per heavy atom. The first-order valence-corrected chi connectivity index (χ1v) is 7.64. The molecule has 1 aromatic rings. The Labute approximate surface area is 130 Å². The van der Waals surface area contributed by atoms with Gasteiger partial charge < -0.3 is 19.7 Å². The largest absolute Gasteiger partial charge is 0.382 e. The summed E-state index contributed by atoms with van der Waals surface area (Å²) in [7, 11) is 1.66. The van der Waals surface area contributed by atoms with Crippen molar-refractivity contribution >= 4 is 23.5 Å². The van der Waals surface area contributed by atoms with Crippen molar-refractivity contribution in [2.75, 3.05) is 56.8 Å². The van der Waals surface area contributed by atoms with Gasteiger partial charge in [-0.05, 0) is 30.9 Å². The van der Waals surface area contributed by atoms with Gasteiger partial charge in [-0.25, -0.2) is 0 Å². The zero-order valence-corrected chi connectivity index (χ0v) is 13.1. The summed E-state index contributed by atoms with van der Waals surface area (Å²) in [5.41, 5.74) is 0. The van der Waals surface area contributed by atoms with Crippen molar-refractivity contribution in [3.63, 3.8) is 0 Å². The number of rotatable bonds is 9. The molecule has 0 radical (unpaired) electrons. The first-order chi connectivity index (χ1) is 10.3. The second-order valence-corrected chi connectivity index (χ2v) is 5.15. The van der Waals surface area contributed by atoms with Crippen molar-refractivity contribution in [1.29, 1.82) is 0 Å². The summed E-state index contributed by atoms with van der Waals surface area (Å²) >= 11 is 5.96. The summed E-state index contributed by atoms with van der Waals surface area (Å²) < 4.78 is 10.3.